The van der Waals surface area contributed by atoms with Crippen molar-refractivity contribution in [2.24, 2.45) is 0 Å². The van der Waals surface area contributed by atoms with Gasteiger partial charge in [-0.25, -0.2) is 9.50 Å². The smallest absolute Gasteiger partial charge is 0.155 e. The molecule has 15 heavy (non-hydrogen) atoms. The van der Waals surface area contributed by atoms with E-state index in [2.05, 4.69) is 10.1 Å². The first-order chi connectivity index (χ1) is 7.22. The van der Waals surface area contributed by atoms with Crippen LogP contribution in [0.4, 0.5) is 0 Å². The average molecular weight is 201 g/mol. The first kappa shape index (κ1) is 8.59. The lowest BCUT2D eigenvalue weighted by Crippen LogP contribution is -2.17. The van der Waals surface area contributed by atoms with Gasteiger partial charge in [0.25, 0.3) is 0 Å². The van der Waals surface area contributed by atoms with E-state index in [1.54, 1.807) is 17.6 Å². The number of hydrogen-bond donors (Lipinski definition) is 0. The summed E-state index contributed by atoms with van der Waals surface area (Å²) >= 11 is 0. The Morgan fingerprint density at radius 3 is 2.93 bits per heavy atom. The second-order valence-electron chi connectivity index (χ2n) is 4.09. The van der Waals surface area contributed by atoms with Gasteiger partial charge in [-0.1, -0.05) is 0 Å². The molecule has 0 bridgehead atoms. The molecule has 76 valence electrons. The standard InChI is InChI=1S/C11H11N3O/c1-8(15)11(3-4-11)9-7-10-12-5-2-6-14(10)13-9/h2,5-7H,3-4H2,1H3. The molecule has 2 heterocycles. The SMILES string of the molecule is CC(=O)C1(c2cc3ncccn3n2)CC1. The maximum absolute atomic E-state index is 11.5. The molecule has 0 spiro atoms. The van der Waals surface area contributed by atoms with Gasteiger partial charge in [-0.05, 0) is 25.8 Å². The second kappa shape index (κ2) is 2.66. The Bertz CT molecular complexity index is 507. The van der Waals surface area contributed by atoms with E-state index in [-0.39, 0.29) is 11.2 Å². The lowest BCUT2D eigenvalue weighted by Gasteiger charge is -2.05. The van der Waals surface area contributed by atoms with Crippen molar-refractivity contribution in [3.8, 4) is 0 Å². The number of Topliss-reactive ketones (excluding diaryl/α,β-unsaturated/α-hetero) is 1. The molecule has 0 atom stereocenters. The van der Waals surface area contributed by atoms with Gasteiger partial charge in [-0.2, -0.15) is 5.10 Å². The Morgan fingerprint density at radius 2 is 2.33 bits per heavy atom. The number of aromatic nitrogens is 3. The minimum absolute atomic E-state index is 0.214. The van der Waals surface area contributed by atoms with Gasteiger partial charge in [-0.3, -0.25) is 4.79 Å². The molecule has 1 aliphatic carbocycles. The Kier molecular flexibility index (Phi) is 1.52. The number of ketones is 1. The van der Waals surface area contributed by atoms with E-state index in [0.717, 1.165) is 24.2 Å². The number of fused-ring (bicyclic) bond motifs is 1. The molecule has 0 aliphatic heterocycles. The van der Waals surface area contributed by atoms with Crippen LogP contribution < -0.4 is 0 Å². The lowest BCUT2D eigenvalue weighted by molar-refractivity contribution is -0.119. The zero-order valence-electron chi connectivity index (χ0n) is 8.47. The van der Waals surface area contributed by atoms with Crippen LogP contribution in [0.15, 0.2) is 24.5 Å². The molecule has 0 radical (unpaired) electrons. The highest BCUT2D eigenvalue weighted by Crippen LogP contribution is 2.48. The number of hydrogen-bond acceptors (Lipinski definition) is 3. The Morgan fingerprint density at radius 1 is 1.53 bits per heavy atom. The summed E-state index contributed by atoms with van der Waals surface area (Å²) in [5.74, 6) is 0.214. The van der Waals surface area contributed by atoms with Gasteiger partial charge in [0.15, 0.2) is 5.65 Å². The molecule has 3 rings (SSSR count). The van der Waals surface area contributed by atoms with E-state index in [0.29, 0.717) is 0 Å². The summed E-state index contributed by atoms with van der Waals surface area (Å²) < 4.78 is 1.72. The number of rotatable bonds is 2. The van der Waals surface area contributed by atoms with Gasteiger partial charge < -0.3 is 0 Å². The largest absolute Gasteiger partial charge is 0.299 e. The normalized spacial score (nSPS) is 17.9. The first-order valence-electron chi connectivity index (χ1n) is 5.04. The van der Waals surface area contributed by atoms with E-state index >= 15 is 0 Å². The summed E-state index contributed by atoms with van der Waals surface area (Å²) in [6.45, 7) is 1.64. The fourth-order valence-electron chi connectivity index (χ4n) is 1.98. The number of carbonyl (C=O) groups is 1. The molecular formula is C11H11N3O. The molecule has 1 fully saturated rings. The molecule has 0 aromatic carbocycles. The van der Waals surface area contributed by atoms with Crippen molar-refractivity contribution in [2.75, 3.05) is 0 Å². The number of nitrogens with zero attached hydrogens (tertiary/aromatic N) is 3. The third-order valence-corrected chi connectivity index (χ3v) is 3.15. The van der Waals surface area contributed by atoms with Crippen LogP contribution >= 0.6 is 0 Å². The van der Waals surface area contributed by atoms with Crippen molar-refractivity contribution in [3.63, 3.8) is 0 Å². The van der Waals surface area contributed by atoms with Crippen LogP contribution in [0.2, 0.25) is 0 Å². The van der Waals surface area contributed by atoms with Crippen LogP contribution in [0.25, 0.3) is 5.65 Å². The Balaban J connectivity index is 2.17. The Hall–Kier alpha value is -1.71. The zero-order valence-corrected chi connectivity index (χ0v) is 8.47. The second-order valence-corrected chi connectivity index (χ2v) is 4.09. The fourth-order valence-corrected chi connectivity index (χ4v) is 1.98. The van der Waals surface area contributed by atoms with E-state index in [4.69, 9.17) is 0 Å². The van der Waals surface area contributed by atoms with Crippen LogP contribution in [0.5, 0.6) is 0 Å². The highest BCUT2D eigenvalue weighted by molar-refractivity contribution is 5.90. The monoisotopic (exact) mass is 201 g/mol. The molecule has 0 N–H and O–H groups in total. The maximum Gasteiger partial charge on any atom is 0.155 e. The zero-order chi connectivity index (χ0) is 10.5. The third-order valence-electron chi connectivity index (χ3n) is 3.15. The highest BCUT2D eigenvalue weighted by Gasteiger charge is 2.50. The molecule has 0 amide bonds. The summed E-state index contributed by atoms with van der Waals surface area (Å²) in [6, 6.07) is 3.74. The van der Waals surface area contributed by atoms with Gasteiger partial charge in [-0.15, -0.1) is 0 Å². The molecule has 2 aromatic rings. The highest BCUT2D eigenvalue weighted by atomic mass is 16.1. The van der Waals surface area contributed by atoms with E-state index in [1.165, 1.54) is 0 Å². The summed E-state index contributed by atoms with van der Waals surface area (Å²) in [6.07, 6.45) is 5.43. The van der Waals surface area contributed by atoms with Crippen molar-refractivity contribution in [3.05, 3.63) is 30.2 Å². The van der Waals surface area contributed by atoms with Crippen molar-refractivity contribution < 1.29 is 4.79 Å². The molecule has 0 saturated heterocycles. The third kappa shape index (κ3) is 1.11. The molecule has 2 aromatic heterocycles. The summed E-state index contributed by atoms with van der Waals surface area (Å²) in [5, 5.41) is 4.40. The first-order valence-corrected chi connectivity index (χ1v) is 5.04. The predicted molar refractivity (Wildman–Crippen MR) is 54.6 cm³/mol. The van der Waals surface area contributed by atoms with Crippen molar-refractivity contribution >= 4 is 11.4 Å². The van der Waals surface area contributed by atoms with Crippen molar-refractivity contribution in [2.45, 2.75) is 25.2 Å². The van der Waals surface area contributed by atoms with E-state index < -0.39 is 0 Å². The van der Waals surface area contributed by atoms with Crippen molar-refractivity contribution in [1.29, 1.82) is 0 Å². The van der Waals surface area contributed by atoms with Crippen molar-refractivity contribution in [1.82, 2.24) is 14.6 Å². The van der Waals surface area contributed by atoms with Gasteiger partial charge in [0, 0.05) is 18.5 Å². The Labute approximate surface area is 86.9 Å². The molecule has 1 saturated carbocycles. The van der Waals surface area contributed by atoms with Crippen LogP contribution in [0, 0.1) is 0 Å². The minimum Gasteiger partial charge on any atom is -0.299 e. The molecule has 1 aliphatic rings. The van der Waals surface area contributed by atoms with Gasteiger partial charge in [0.05, 0.1) is 11.1 Å². The molecule has 4 heteroatoms. The predicted octanol–water partition coefficient (Wildman–Crippen LogP) is 1.35. The van der Waals surface area contributed by atoms with E-state index in [9.17, 15) is 4.79 Å². The molecular weight excluding hydrogens is 190 g/mol. The molecule has 0 unspecified atom stereocenters. The van der Waals surface area contributed by atoms with Crippen LogP contribution in [-0.4, -0.2) is 20.4 Å². The van der Waals surface area contributed by atoms with Crippen LogP contribution in [0.1, 0.15) is 25.5 Å². The maximum atomic E-state index is 11.5. The van der Waals surface area contributed by atoms with Crippen LogP contribution in [0.3, 0.4) is 0 Å². The van der Waals surface area contributed by atoms with Crippen LogP contribution in [-0.2, 0) is 10.2 Å². The van der Waals surface area contributed by atoms with Gasteiger partial charge in [0.1, 0.15) is 5.78 Å². The van der Waals surface area contributed by atoms with E-state index in [1.807, 2.05) is 18.3 Å². The quantitative estimate of drug-likeness (QED) is 0.736. The molecule has 4 nitrogen and oxygen atoms in total. The summed E-state index contributed by atoms with van der Waals surface area (Å²) in [7, 11) is 0. The van der Waals surface area contributed by atoms with Gasteiger partial charge >= 0.3 is 0 Å². The average Bonchev–Trinajstić information content (AvgIpc) is 2.93. The number of carbonyl (C=O) groups excluding carboxylic acids is 1. The lowest BCUT2D eigenvalue weighted by atomic mass is 9.98. The summed E-state index contributed by atoms with van der Waals surface area (Å²) in [4.78, 5) is 15.7. The topological polar surface area (TPSA) is 47.3 Å². The minimum atomic E-state index is -0.298. The fraction of sp³-hybridized carbons (Fsp3) is 0.364. The summed E-state index contributed by atoms with van der Waals surface area (Å²) in [5.41, 5.74) is 1.38. The van der Waals surface area contributed by atoms with Gasteiger partial charge in [0.2, 0.25) is 0 Å².